The molecule has 3 fully saturated rings. The van der Waals surface area contributed by atoms with E-state index in [9.17, 15) is 4.79 Å². The van der Waals surface area contributed by atoms with Crippen LogP contribution in [0.25, 0.3) is 10.6 Å². The molecule has 2 aromatic heterocycles. The largest absolute Gasteiger partial charge is 0.466 e. The summed E-state index contributed by atoms with van der Waals surface area (Å²) in [6, 6.07) is 3.15. The molecule has 9 heteroatoms. The maximum absolute atomic E-state index is 15.2. The molecule has 0 spiro atoms. The predicted octanol–water partition coefficient (Wildman–Crippen LogP) is 5.43. The number of anilines is 1. The topological polar surface area (TPSA) is 64.1 Å². The Labute approximate surface area is 176 Å². The van der Waals surface area contributed by atoms with Crippen molar-refractivity contribution in [1.29, 1.82) is 0 Å². The van der Waals surface area contributed by atoms with Gasteiger partial charge in [0.25, 0.3) is 0 Å². The molecule has 2 heterocycles. The van der Waals surface area contributed by atoms with E-state index in [1.807, 2.05) is 0 Å². The molecule has 0 saturated heterocycles. The van der Waals surface area contributed by atoms with Crippen molar-refractivity contribution in [3.63, 3.8) is 0 Å². The second-order valence-electron chi connectivity index (χ2n) is 7.23. The standard InChI is InChI=1S/C19H20Cl2FN3O2S/c1-2-27-18(26)13-9-3-5-10(6-4-9)15(13)23-17-14(22)16(24-19(21)25-17)11-7-8-12(20)28-11/h7-10,13,15H,2-6H2,1H3,(H,23,24,25)/t9?,10?,13-,15-/m0/s1. The lowest BCUT2D eigenvalue weighted by Crippen LogP contribution is -2.52. The van der Waals surface area contributed by atoms with Gasteiger partial charge in [-0.15, -0.1) is 11.3 Å². The molecule has 3 aliphatic carbocycles. The van der Waals surface area contributed by atoms with Crippen LogP contribution in [0.5, 0.6) is 0 Å². The summed E-state index contributed by atoms with van der Waals surface area (Å²) in [7, 11) is 0. The van der Waals surface area contributed by atoms with Gasteiger partial charge in [0.1, 0.15) is 5.69 Å². The smallest absolute Gasteiger partial charge is 0.311 e. The lowest BCUT2D eigenvalue weighted by molar-refractivity contribution is -0.154. The molecule has 0 aliphatic heterocycles. The summed E-state index contributed by atoms with van der Waals surface area (Å²) in [5.41, 5.74) is 0.105. The summed E-state index contributed by atoms with van der Waals surface area (Å²) in [4.78, 5) is 21.3. The van der Waals surface area contributed by atoms with Gasteiger partial charge in [0.05, 0.1) is 21.7 Å². The van der Waals surface area contributed by atoms with E-state index in [1.54, 1.807) is 19.1 Å². The number of nitrogens with one attached hydrogen (secondary N) is 1. The number of carbonyl (C=O) groups excluding carboxylic acids is 1. The second kappa shape index (κ2) is 8.13. The molecule has 28 heavy (non-hydrogen) atoms. The monoisotopic (exact) mass is 443 g/mol. The molecule has 2 bridgehead atoms. The molecule has 0 unspecified atom stereocenters. The Balaban J connectivity index is 1.67. The number of halogens is 3. The van der Waals surface area contributed by atoms with E-state index in [4.69, 9.17) is 27.9 Å². The van der Waals surface area contributed by atoms with Crippen molar-refractivity contribution in [2.75, 3.05) is 11.9 Å². The van der Waals surface area contributed by atoms with Crippen LogP contribution in [0.4, 0.5) is 10.2 Å². The lowest BCUT2D eigenvalue weighted by atomic mass is 9.61. The molecule has 0 aromatic carbocycles. The van der Waals surface area contributed by atoms with Crippen LogP contribution in [0, 0.1) is 23.6 Å². The fourth-order valence-electron chi connectivity index (χ4n) is 4.51. The van der Waals surface area contributed by atoms with Crippen LogP contribution in [0.2, 0.25) is 9.62 Å². The third kappa shape index (κ3) is 3.72. The predicted molar refractivity (Wildman–Crippen MR) is 108 cm³/mol. The van der Waals surface area contributed by atoms with E-state index in [-0.39, 0.29) is 46.6 Å². The van der Waals surface area contributed by atoms with Gasteiger partial charge >= 0.3 is 5.97 Å². The molecule has 5 rings (SSSR count). The van der Waals surface area contributed by atoms with E-state index in [2.05, 4.69) is 15.3 Å². The van der Waals surface area contributed by atoms with Crippen molar-refractivity contribution < 1.29 is 13.9 Å². The molecular formula is C19H20Cl2FN3O2S. The van der Waals surface area contributed by atoms with Gasteiger partial charge in [0, 0.05) is 6.04 Å². The summed E-state index contributed by atoms with van der Waals surface area (Å²) in [6.45, 7) is 2.13. The van der Waals surface area contributed by atoms with Crippen molar-refractivity contribution in [3.8, 4) is 10.6 Å². The van der Waals surface area contributed by atoms with Crippen LogP contribution in [-0.2, 0) is 9.53 Å². The number of hydrogen-bond acceptors (Lipinski definition) is 6. The molecule has 5 nitrogen and oxygen atoms in total. The zero-order chi connectivity index (χ0) is 19.8. The van der Waals surface area contributed by atoms with E-state index in [0.29, 0.717) is 15.8 Å². The SMILES string of the molecule is CCOC(=O)[C@H]1C2CCC(CC2)[C@@H]1Nc1nc(Cl)nc(-c2ccc(Cl)s2)c1F. The van der Waals surface area contributed by atoms with Crippen molar-refractivity contribution >= 4 is 46.3 Å². The number of rotatable bonds is 5. The highest BCUT2D eigenvalue weighted by Gasteiger charge is 2.48. The first-order valence-electron chi connectivity index (χ1n) is 9.39. The average Bonchev–Trinajstić information content (AvgIpc) is 3.11. The molecule has 2 atom stereocenters. The van der Waals surface area contributed by atoms with E-state index in [1.165, 1.54) is 11.3 Å². The maximum atomic E-state index is 15.2. The molecule has 150 valence electrons. The van der Waals surface area contributed by atoms with Gasteiger partial charge in [-0.25, -0.2) is 9.37 Å². The summed E-state index contributed by atoms with van der Waals surface area (Å²) < 4.78 is 21.1. The van der Waals surface area contributed by atoms with Gasteiger partial charge in [-0.1, -0.05) is 11.6 Å². The fraction of sp³-hybridized carbons (Fsp3) is 0.526. The summed E-state index contributed by atoms with van der Waals surface area (Å²) in [5, 5.41) is 3.13. The van der Waals surface area contributed by atoms with Crippen LogP contribution >= 0.6 is 34.5 Å². The Morgan fingerprint density at radius 1 is 1.25 bits per heavy atom. The van der Waals surface area contributed by atoms with Gasteiger partial charge in [-0.2, -0.15) is 4.98 Å². The van der Waals surface area contributed by atoms with Crippen molar-refractivity contribution in [2.24, 2.45) is 17.8 Å². The number of nitrogens with zero attached hydrogens (tertiary/aromatic N) is 2. The molecule has 3 saturated carbocycles. The number of fused-ring (bicyclic) bond motifs is 3. The number of ether oxygens (including phenoxy) is 1. The van der Waals surface area contributed by atoms with E-state index < -0.39 is 5.82 Å². The van der Waals surface area contributed by atoms with Crippen molar-refractivity contribution in [3.05, 3.63) is 27.6 Å². The highest BCUT2D eigenvalue weighted by Crippen LogP contribution is 2.47. The van der Waals surface area contributed by atoms with E-state index in [0.717, 1.165) is 25.7 Å². The summed E-state index contributed by atoms with van der Waals surface area (Å²) >= 11 is 13.3. The minimum atomic E-state index is -0.591. The quantitative estimate of drug-likeness (QED) is 0.492. The number of hydrogen-bond donors (Lipinski definition) is 1. The first-order valence-corrected chi connectivity index (χ1v) is 11.0. The van der Waals surface area contributed by atoms with Gasteiger partial charge in [-0.05, 0) is 68.2 Å². The second-order valence-corrected chi connectivity index (χ2v) is 9.28. The third-order valence-electron chi connectivity index (χ3n) is 5.71. The maximum Gasteiger partial charge on any atom is 0.311 e. The zero-order valence-corrected chi connectivity index (χ0v) is 17.6. The molecular weight excluding hydrogens is 424 g/mol. The van der Waals surface area contributed by atoms with Crippen LogP contribution in [0.3, 0.4) is 0 Å². The summed E-state index contributed by atoms with van der Waals surface area (Å²) in [6.07, 6.45) is 4.01. The zero-order valence-electron chi connectivity index (χ0n) is 15.3. The minimum Gasteiger partial charge on any atom is -0.466 e. The number of esters is 1. The van der Waals surface area contributed by atoms with Crippen LogP contribution in [0.15, 0.2) is 12.1 Å². The first-order chi connectivity index (χ1) is 13.5. The van der Waals surface area contributed by atoms with Gasteiger partial charge in [0.2, 0.25) is 5.28 Å². The Bertz CT molecular complexity index is 886. The Morgan fingerprint density at radius 2 is 1.96 bits per heavy atom. The lowest BCUT2D eigenvalue weighted by Gasteiger charge is -2.47. The van der Waals surface area contributed by atoms with Gasteiger partial charge in [0.15, 0.2) is 11.6 Å². The Hall–Kier alpha value is -1.44. The Kier molecular flexibility index (Phi) is 5.76. The normalized spacial score (nSPS) is 26.3. The number of carbonyl (C=O) groups is 1. The van der Waals surface area contributed by atoms with Crippen molar-refractivity contribution in [1.82, 2.24) is 9.97 Å². The van der Waals surface area contributed by atoms with Crippen LogP contribution in [0.1, 0.15) is 32.6 Å². The van der Waals surface area contributed by atoms with E-state index >= 15 is 4.39 Å². The number of thiophene rings is 1. The molecule has 2 aromatic rings. The van der Waals surface area contributed by atoms with Crippen LogP contribution < -0.4 is 5.32 Å². The third-order valence-corrected chi connectivity index (χ3v) is 7.12. The minimum absolute atomic E-state index is 0.0198. The Morgan fingerprint density at radius 3 is 2.61 bits per heavy atom. The summed E-state index contributed by atoms with van der Waals surface area (Å²) in [5.74, 6) is -0.580. The van der Waals surface area contributed by atoms with Gasteiger partial charge in [-0.3, -0.25) is 4.79 Å². The first kappa shape index (κ1) is 19.9. The molecule has 1 N–H and O–H groups in total. The fourth-order valence-corrected chi connectivity index (χ4v) is 5.71. The molecule has 0 radical (unpaired) electrons. The molecule has 0 amide bonds. The highest BCUT2D eigenvalue weighted by atomic mass is 35.5. The van der Waals surface area contributed by atoms with Gasteiger partial charge < -0.3 is 10.1 Å². The average molecular weight is 444 g/mol. The number of aromatic nitrogens is 2. The molecule has 3 aliphatic rings. The van der Waals surface area contributed by atoms with Crippen molar-refractivity contribution in [2.45, 2.75) is 38.6 Å². The van der Waals surface area contributed by atoms with Crippen LogP contribution in [-0.4, -0.2) is 28.6 Å². The highest BCUT2D eigenvalue weighted by molar-refractivity contribution is 7.19.